The van der Waals surface area contributed by atoms with Crippen LogP contribution in [0.1, 0.15) is 10.4 Å². The number of nitrogens with zero attached hydrogens (tertiary/aromatic N) is 2. The average Bonchev–Trinajstić information content (AvgIpc) is 2.47. The highest BCUT2D eigenvalue weighted by Crippen LogP contribution is 2.22. The number of carbonyl (C=O) groups is 1. The predicted octanol–water partition coefficient (Wildman–Crippen LogP) is 0.362. The number of hydrogen-bond donors (Lipinski definition) is 2. The van der Waals surface area contributed by atoms with Crippen LogP contribution in [-0.4, -0.2) is 60.2 Å². The lowest BCUT2D eigenvalue weighted by molar-refractivity contribution is -0.385. The fraction of sp³-hybridized carbons (Fsp3) is 0.462. The van der Waals surface area contributed by atoms with Crippen molar-refractivity contribution in [3.63, 3.8) is 0 Å². The second kappa shape index (κ2) is 7.00. The van der Waals surface area contributed by atoms with E-state index in [2.05, 4.69) is 10.2 Å². The van der Waals surface area contributed by atoms with Gasteiger partial charge in [-0.15, -0.1) is 0 Å². The van der Waals surface area contributed by atoms with Crippen molar-refractivity contribution >= 4 is 11.6 Å². The normalized spacial score (nSPS) is 15.6. The summed E-state index contributed by atoms with van der Waals surface area (Å²) in [5.74, 6) is -0.746. The second-order valence-corrected chi connectivity index (χ2v) is 4.67. The third-order valence-corrected chi connectivity index (χ3v) is 3.24. The highest BCUT2D eigenvalue weighted by atomic mass is 16.6. The van der Waals surface area contributed by atoms with E-state index in [0.717, 1.165) is 25.2 Å². The first-order valence-electron chi connectivity index (χ1n) is 6.63. The molecule has 1 aliphatic rings. The minimum atomic E-state index is -0.643. The number of phenolic OH excluding ortho intramolecular Hbond substituents is 1. The molecule has 21 heavy (non-hydrogen) atoms. The summed E-state index contributed by atoms with van der Waals surface area (Å²) in [4.78, 5) is 24.4. The van der Waals surface area contributed by atoms with Gasteiger partial charge in [-0.05, 0) is 12.1 Å². The van der Waals surface area contributed by atoms with Crippen LogP contribution in [-0.2, 0) is 4.74 Å². The van der Waals surface area contributed by atoms with Gasteiger partial charge in [-0.2, -0.15) is 0 Å². The van der Waals surface area contributed by atoms with Crippen LogP contribution in [0.4, 0.5) is 5.69 Å². The molecule has 1 heterocycles. The summed E-state index contributed by atoms with van der Waals surface area (Å²) >= 11 is 0. The summed E-state index contributed by atoms with van der Waals surface area (Å²) in [5.41, 5.74) is -0.460. The standard InChI is InChI=1S/C13H17N3O5/c17-10-1-2-12(16(19)20)11(9-10)13(18)14-3-4-15-5-7-21-8-6-15/h1-2,9,17H,3-8H2,(H,14,18). The van der Waals surface area contributed by atoms with Crippen molar-refractivity contribution in [1.29, 1.82) is 0 Å². The topological polar surface area (TPSA) is 105 Å². The number of nitro benzene ring substituents is 1. The molecule has 1 saturated heterocycles. The largest absolute Gasteiger partial charge is 0.508 e. The Kier molecular flexibility index (Phi) is 5.07. The molecule has 2 rings (SSSR count). The van der Waals surface area contributed by atoms with Crippen molar-refractivity contribution in [2.45, 2.75) is 0 Å². The second-order valence-electron chi connectivity index (χ2n) is 4.67. The van der Waals surface area contributed by atoms with E-state index >= 15 is 0 Å². The zero-order valence-corrected chi connectivity index (χ0v) is 11.4. The van der Waals surface area contributed by atoms with E-state index in [9.17, 15) is 20.0 Å². The molecule has 1 fully saturated rings. The van der Waals surface area contributed by atoms with Crippen molar-refractivity contribution < 1.29 is 19.6 Å². The van der Waals surface area contributed by atoms with Crippen LogP contribution in [0.5, 0.6) is 5.75 Å². The van der Waals surface area contributed by atoms with Gasteiger partial charge in [0.15, 0.2) is 0 Å². The molecule has 0 atom stereocenters. The Morgan fingerprint density at radius 3 is 2.81 bits per heavy atom. The lowest BCUT2D eigenvalue weighted by atomic mass is 10.1. The summed E-state index contributed by atoms with van der Waals surface area (Å²) in [6.07, 6.45) is 0. The van der Waals surface area contributed by atoms with E-state index in [0.29, 0.717) is 26.3 Å². The Balaban J connectivity index is 1.93. The number of hydrogen-bond acceptors (Lipinski definition) is 6. The molecule has 1 aromatic carbocycles. The van der Waals surface area contributed by atoms with Gasteiger partial charge in [-0.3, -0.25) is 19.8 Å². The number of rotatable bonds is 5. The smallest absolute Gasteiger partial charge is 0.282 e. The van der Waals surface area contributed by atoms with Crippen molar-refractivity contribution in [3.05, 3.63) is 33.9 Å². The number of morpholine rings is 1. The van der Waals surface area contributed by atoms with Gasteiger partial charge in [-0.25, -0.2) is 0 Å². The maximum absolute atomic E-state index is 12.0. The number of benzene rings is 1. The van der Waals surface area contributed by atoms with Crippen LogP contribution in [0.15, 0.2) is 18.2 Å². The van der Waals surface area contributed by atoms with Gasteiger partial charge in [-0.1, -0.05) is 0 Å². The number of amides is 1. The first-order chi connectivity index (χ1) is 10.1. The third-order valence-electron chi connectivity index (χ3n) is 3.24. The van der Waals surface area contributed by atoms with Crippen LogP contribution in [0.2, 0.25) is 0 Å². The number of aromatic hydroxyl groups is 1. The molecule has 0 unspecified atom stereocenters. The SMILES string of the molecule is O=C(NCCN1CCOCC1)c1cc(O)ccc1[N+](=O)[O-]. The molecule has 114 valence electrons. The molecule has 0 spiro atoms. The maximum Gasteiger partial charge on any atom is 0.282 e. The average molecular weight is 295 g/mol. The van der Waals surface area contributed by atoms with Crippen LogP contribution < -0.4 is 5.32 Å². The summed E-state index contributed by atoms with van der Waals surface area (Å²) in [6, 6.07) is 3.40. The third kappa shape index (κ3) is 4.14. The molecule has 2 N–H and O–H groups in total. The Hall–Kier alpha value is -2.19. The molecule has 1 aromatic rings. The van der Waals surface area contributed by atoms with E-state index < -0.39 is 10.8 Å². The van der Waals surface area contributed by atoms with E-state index in [4.69, 9.17) is 4.74 Å². The quantitative estimate of drug-likeness (QED) is 0.600. The number of phenols is 1. The monoisotopic (exact) mass is 295 g/mol. The molecule has 0 aliphatic carbocycles. The molecule has 1 amide bonds. The first-order valence-corrected chi connectivity index (χ1v) is 6.63. The number of nitrogens with one attached hydrogen (secondary N) is 1. The number of ether oxygens (including phenoxy) is 1. The highest BCUT2D eigenvalue weighted by Gasteiger charge is 2.20. The molecule has 0 radical (unpaired) electrons. The van der Waals surface area contributed by atoms with Crippen LogP contribution >= 0.6 is 0 Å². The molecule has 0 bridgehead atoms. The lowest BCUT2D eigenvalue weighted by Gasteiger charge is -2.26. The summed E-state index contributed by atoms with van der Waals surface area (Å²) < 4.78 is 5.22. The van der Waals surface area contributed by atoms with Gasteiger partial charge in [0.05, 0.1) is 18.1 Å². The Morgan fingerprint density at radius 1 is 1.43 bits per heavy atom. The lowest BCUT2D eigenvalue weighted by Crippen LogP contribution is -2.41. The molecule has 1 aliphatic heterocycles. The fourth-order valence-corrected chi connectivity index (χ4v) is 2.11. The maximum atomic E-state index is 12.0. The van der Waals surface area contributed by atoms with Gasteiger partial charge in [0.2, 0.25) is 0 Å². The summed E-state index contributed by atoms with van der Waals surface area (Å²) in [6.45, 7) is 4.00. The van der Waals surface area contributed by atoms with Crippen molar-refractivity contribution in [1.82, 2.24) is 10.2 Å². The fourth-order valence-electron chi connectivity index (χ4n) is 2.11. The molecule has 0 aromatic heterocycles. The van der Waals surface area contributed by atoms with E-state index in [1.54, 1.807) is 0 Å². The van der Waals surface area contributed by atoms with Crippen molar-refractivity contribution in [2.75, 3.05) is 39.4 Å². The zero-order chi connectivity index (χ0) is 15.2. The van der Waals surface area contributed by atoms with Gasteiger partial charge in [0.25, 0.3) is 11.6 Å². The molecule has 8 heteroatoms. The number of nitro groups is 1. The molecular formula is C13H17N3O5. The Morgan fingerprint density at radius 2 is 2.14 bits per heavy atom. The van der Waals surface area contributed by atoms with Crippen LogP contribution in [0, 0.1) is 10.1 Å². The molecule has 8 nitrogen and oxygen atoms in total. The van der Waals surface area contributed by atoms with Gasteiger partial charge in [0.1, 0.15) is 11.3 Å². The molecular weight excluding hydrogens is 278 g/mol. The van der Waals surface area contributed by atoms with E-state index in [1.165, 1.54) is 6.07 Å². The van der Waals surface area contributed by atoms with Crippen LogP contribution in [0.3, 0.4) is 0 Å². The van der Waals surface area contributed by atoms with Crippen molar-refractivity contribution in [2.24, 2.45) is 0 Å². The zero-order valence-electron chi connectivity index (χ0n) is 11.4. The van der Waals surface area contributed by atoms with E-state index in [-0.39, 0.29) is 17.0 Å². The Labute approximate surface area is 121 Å². The predicted molar refractivity (Wildman–Crippen MR) is 74.4 cm³/mol. The minimum Gasteiger partial charge on any atom is -0.508 e. The molecule has 0 saturated carbocycles. The Bertz CT molecular complexity index is 529. The first kappa shape index (κ1) is 15.2. The van der Waals surface area contributed by atoms with Gasteiger partial charge in [0, 0.05) is 32.2 Å². The summed E-state index contributed by atoms with van der Waals surface area (Å²) in [5, 5.41) is 22.9. The number of carbonyl (C=O) groups excluding carboxylic acids is 1. The highest BCUT2D eigenvalue weighted by molar-refractivity contribution is 5.98. The summed E-state index contributed by atoms with van der Waals surface area (Å²) in [7, 11) is 0. The van der Waals surface area contributed by atoms with Crippen molar-refractivity contribution in [3.8, 4) is 5.75 Å². The van der Waals surface area contributed by atoms with Crippen LogP contribution in [0.25, 0.3) is 0 Å². The van der Waals surface area contributed by atoms with Gasteiger partial charge < -0.3 is 15.2 Å². The minimum absolute atomic E-state index is 0.137. The van der Waals surface area contributed by atoms with E-state index in [1.807, 2.05) is 0 Å². The van der Waals surface area contributed by atoms with Gasteiger partial charge >= 0.3 is 0 Å².